The fourth-order valence-corrected chi connectivity index (χ4v) is 2.79. The number of anilines is 2. The van der Waals surface area contributed by atoms with E-state index in [0.717, 1.165) is 16.7 Å². The van der Waals surface area contributed by atoms with E-state index in [-0.39, 0.29) is 19.1 Å². The van der Waals surface area contributed by atoms with E-state index in [1.807, 2.05) is 38.1 Å². The van der Waals surface area contributed by atoms with Gasteiger partial charge in [-0.05, 0) is 46.8 Å². The summed E-state index contributed by atoms with van der Waals surface area (Å²) in [5.74, 6) is 0.374. The second-order valence-corrected chi connectivity index (χ2v) is 6.02. The molecule has 9 heteroatoms. The maximum Gasteiger partial charge on any atom is 0.253 e. The number of amides is 1. The predicted molar refractivity (Wildman–Crippen MR) is 111 cm³/mol. The van der Waals surface area contributed by atoms with E-state index in [9.17, 15) is 4.79 Å². The third-order valence-electron chi connectivity index (χ3n) is 4.20. The topological polar surface area (TPSA) is 109 Å². The van der Waals surface area contributed by atoms with Crippen molar-refractivity contribution in [3.63, 3.8) is 0 Å². The summed E-state index contributed by atoms with van der Waals surface area (Å²) >= 11 is 0. The van der Waals surface area contributed by atoms with E-state index in [1.165, 1.54) is 4.90 Å². The highest BCUT2D eigenvalue weighted by Crippen LogP contribution is 2.22. The van der Waals surface area contributed by atoms with Gasteiger partial charge in [-0.3, -0.25) is 4.79 Å². The Morgan fingerprint density at radius 3 is 2.59 bits per heavy atom. The van der Waals surface area contributed by atoms with Gasteiger partial charge in [-0.2, -0.15) is 4.52 Å². The molecule has 4 aromatic rings. The molecule has 0 unspecified atom stereocenters. The molecule has 0 atom stereocenters. The molecule has 0 saturated heterocycles. The van der Waals surface area contributed by atoms with Crippen LogP contribution in [0.4, 0.5) is 11.5 Å². The number of nitrogens with zero attached hydrogens (tertiary/aromatic N) is 6. The van der Waals surface area contributed by atoms with E-state index < -0.39 is 0 Å². The van der Waals surface area contributed by atoms with Crippen LogP contribution in [0.3, 0.4) is 0 Å². The van der Waals surface area contributed by atoms with Gasteiger partial charge < -0.3 is 15.3 Å². The zero-order valence-corrected chi connectivity index (χ0v) is 16.6. The molecular weight excluding hydrogens is 370 g/mol. The second kappa shape index (κ2) is 9.07. The summed E-state index contributed by atoms with van der Waals surface area (Å²) in [6, 6.07) is 14.6. The third-order valence-corrected chi connectivity index (χ3v) is 4.20. The lowest BCUT2D eigenvalue weighted by Gasteiger charge is -2.16. The van der Waals surface area contributed by atoms with Crippen LogP contribution in [-0.4, -0.2) is 61.1 Å². The van der Waals surface area contributed by atoms with Crippen LogP contribution in [0.25, 0.3) is 16.7 Å². The number of hydrogen-bond donors (Lipinski definition) is 2. The van der Waals surface area contributed by atoms with Crippen molar-refractivity contribution in [2.24, 2.45) is 0 Å². The van der Waals surface area contributed by atoms with Crippen molar-refractivity contribution in [1.29, 1.82) is 0 Å². The van der Waals surface area contributed by atoms with Gasteiger partial charge in [0.2, 0.25) is 5.65 Å². The highest BCUT2D eigenvalue weighted by atomic mass is 16.3. The number of fused-ring (bicyclic) bond motifs is 3. The van der Waals surface area contributed by atoms with Crippen LogP contribution in [-0.2, 0) is 0 Å². The fraction of sp³-hybridized carbons (Fsp3) is 0.250. The summed E-state index contributed by atoms with van der Waals surface area (Å²) in [5, 5.41) is 24.0. The van der Waals surface area contributed by atoms with Crippen LogP contribution < -0.4 is 5.32 Å². The summed E-state index contributed by atoms with van der Waals surface area (Å²) in [7, 11) is 1.65. The molecule has 0 fully saturated rings. The van der Waals surface area contributed by atoms with Crippen LogP contribution in [0.2, 0.25) is 0 Å². The summed E-state index contributed by atoms with van der Waals surface area (Å²) in [4.78, 5) is 18.3. The first kappa shape index (κ1) is 20.2. The average molecular weight is 393 g/mol. The second-order valence-electron chi connectivity index (χ2n) is 6.02. The molecule has 29 heavy (non-hydrogen) atoms. The lowest BCUT2D eigenvalue weighted by Crippen LogP contribution is -2.29. The molecule has 1 amide bonds. The summed E-state index contributed by atoms with van der Waals surface area (Å²) < 4.78 is 1.63. The number of aliphatic hydroxyl groups excluding tert-OH is 1. The molecule has 150 valence electrons. The minimum absolute atomic E-state index is 0.0715. The fourth-order valence-electron chi connectivity index (χ4n) is 2.79. The highest BCUT2D eigenvalue weighted by molar-refractivity contribution is 5.94. The van der Waals surface area contributed by atoms with Gasteiger partial charge in [0.15, 0.2) is 5.82 Å². The minimum Gasteiger partial charge on any atom is -0.395 e. The van der Waals surface area contributed by atoms with Crippen LogP contribution in [0, 0.1) is 0 Å². The van der Waals surface area contributed by atoms with Gasteiger partial charge in [-0.15, -0.1) is 5.10 Å². The number of tetrazole rings is 1. The first-order valence-corrected chi connectivity index (χ1v) is 9.37. The maximum atomic E-state index is 12.2. The first-order chi connectivity index (χ1) is 14.2. The van der Waals surface area contributed by atoms with Crippen molar-refractivity contribution in [1.82, 2.24) is 29.9 Å². The normalized spacial score (nSPS) is 10.5. The minimum atomic E-state index is -0.150. The maximum absolute atomic E-state index is 12.2. The van der Waals surface area contributed by atoms with Crippen molar-refractivity contribution in [3.05, 3.63) is 54.1 Å². The molecule has 0 aliphatic carbocycles. The van der Waals surface area contributed by atoms with Gasteiger partial charge in [-0.1, -0.05) is 26.0 Å². The SMILES string of the molecule is CC.CN(CCO)C(=O)c1ccc(Nc2nc3ccccc3n3nnnc23)cc1. The number of carbonyl (C=O) groups excluding carboxylic acids is 1. The molecule has 2 N–H and O–H groups in total. The number of aromatic nitrogens is 5. The number of para-hydroxylation sites is 2. The molecular formula is C20H23N7O2. The van der Waals surface area contributed by atoms with E-state index >= 15 is 0 Å². The Bertz CT molecular complexity index is 1110. The van der Waals surface area contributed by atoms with E-state index in [1.54, 1.807) is 35.8 Å². The van der Waals surface area contributed by atoms with E-state index in [0.29, 0.717) is 17.0 Å². The number of benzene rings is 2. The van der Waals surface area contributed by atoms with Gasteiger partial charge >= 0.3 is 0 Å². The Morgan fingerprint density at radius 2 is 1.86 bits per heavy atom. The van der Waals surface area contributed by atoms with Crippen molar-refractivity contribution < 1.29 is 9.90 Å². The van der Waals surface area contributed by atoms with Gasteiger partial charge in [0.25, 0.3) is 5.91 Å². The first-order valence-electron chi connectivity index (χ1n) is 9.37. The van der Waals surface area contributed by atoms with Gasteiger partial charge in [0, 0.05) is 24.8 Å². The standard InChI is InChI=1S/C18H17N7O2.C2H6/c1-24(10-11-26)18(27)12-6-8-13(9-7-12)19-16-17-21-22-23-25(17)15-5-3-2-4-14(15)20-16;1-2/h2-9,26H,10-11H2,1H3,(H,19,20);1-2H3. The van der Waals surface area contributed by atoms with Crippen molar-refractivity contribution in [2.75, 3.05) is 25.5 Å². The molecule has 0 spiro atoms. The highest BCUT2D eigenvalue weighted by Gasteiger charge is 2.13. The molecule has 0 aliphatic heterocycles. The largest absolute Gasteiger partial charge is 0.395 e. The van der Waals surface area contributed by atoms with Crippen LogP contribution in [0.15, 0.2) is 48.5 Å². The molecule has 2 heterocycles. The quantitative estimate of drug-likeness (QED) is 0.536. The molecule has 0 saturated carbocycles. The third kappa shape index (κ3) is 4.14. The Morgan fingerprint density at radius 1 is 1.14 bits per heavy atom. The van der Waals surface area contributed by atoms with Crippen molar-refractivity contribution >= 4 is 34.1 Å². The van der Waals surface area contributed by atoms with E-state index in [2.05, 4.69) is 25.8 Å². The summed E-state index contributed by atoms with van der Waals surface area (Å²) in [5.41, 5.74) is 3.38. The number of rotatable bonds is 5. The Labute approximate surface area is 168 Å². The molecule has 0 aliphatic rings. The van der Waals surface area contributed by atoms with Crippen LogP contribution in [0.5, 0.6) is 0 Å². The molecule has 2 aromatic heterocycles. The smallest absolute Gasteiger partial charge is 0.253 e. The number of carbonyl (C=O) groups is 1. The molecule has 0 radical (unpaired) electrons. The van der Waals surface area contributed by atoms with Crippen molar-refractivity contribution in [2.45, 2.75) is 13.8 Å². The van der Waals surface area contributed by atoms with E-state index in [4.69, 9.17) is 5.11 Å². The van der Waals surface area contributed by atoms with Gasteiger partial charge in [0.05, 0.1) is 17.6 Å². The molecule has 2 aromatic carbocycles. The zero-order chi connectivity index (χ0) is 20.8. The Kier molecular flexibility index (Phi) is 6.30. The number of hydrogen-bond acceptors (Lipinski definition) is 7. The predicted octanol–water partition coefficient (Wildman–Crippen LogP) is 2.51. The van der Waals surface area contributed by atoms with Crippen LogP contribution >= 0.6 is 0 Å². The van der Waals surface area contributed by atoms with Gasteiger partial charge in [-0.25, -0.2) is 4.98 Å². The molecule has 4 rings (SSSR count). The van der Waals surface area contributed by atoms with Gasteiger partial charge in [0.1, 0.15) is 0 Å². The molecule has 0 bridgehead atoms. The average Bonchev–Trinajstić information content (AvgIpc) is 3.26. The Hall–Kier alpha value is -3.59. The van der Waals surface area contributed by atoms with Crippen molar-refractivity contribution in [3.8, 4) is 0 Å². The Balaban J connectivity index is 0.00000117. The van der Waals surface area contributed by atoms with Crippen LogP contribution in [0.1, 0.15) is 24.2 Å². The summed E-state index contributed by atoms with van der Waals surface area (Å²) in [6.07, 6.45) is 0. The lowest BCUT2D eigenvalue weighted by atomic mass is 10.2. The molecule has 9 nitrogen and oxygen atoms in total. The summed E-state index contributed by atoms with van der Waals surface area (Å²) in [6.45, 7) is 4.22. The lowest BCUT2D eigenvalue weighted by molar-refractivity contribution is 0.0767. The number of aliphatic hydroxyl groups is 1. The number of nitrogens with one attached hydrogen (secondary N) is 1. The zero-order valence-electron chi connectivity index (χ0n) is 16.6. The number of likely N-dealkylation sites (N-methyl/N-ethyl adjacent to an activating group) is 1. The monoisotopic (exact) mass is 393 g/mol.